The minimum absolute atomic E-state index is 0.0328. The van der Waals surface area contributed by atoms with Gasteiger partial charge in [-0.15, -0.1) is 11.3 Å². The van der Waals surface area contributed by atoms with Crippen LogP contribution in [0.2, 0.25) is 0 Å². The van der Waals surface area contributed by atoms with Gasteiger partial charge in [-0.1, -0.05) is 24.3 Å². The van der Waals surface area contributed by atoms with Crippen LogP contribution >= 0.6 is 11.3 Å². The van der Waals surface area contributed by atoms with Gasteiger partial charge in [-0.05, 0) is 19.1 Å². The number of carbonyl (C=O) groups excluding carboxylic acids is 1. The molecule has 0 saturated heterocycles. The Morgan fingerprint density at radius 3 is 2.76 bits per heavy atom. The molecule has 2 aromatic carbocycles. The van der Waals surface area contributed by atoms with E-state index in [4.69, 9.17) is 10.5 Å². The number of nitrogens with zero attached hydrogens (tertiary/aromatic N) is 2. The molecule has 9 heteroatoms. The molecule has 3 aromatic rings. The van der Waals surface area contributed by atoms with E-state index in [2.05, 4.69) is 5.32 Å². The number of non-ortho nitro benzene ring substituents is 1. The first-order valence-electron chi connectivity index (χ1n) is 8.56. The van der Waals surface area contributed by atoms with Crippen LogP contribution in [0.3, 0.4) is 0 Å². The number of nitrogen functional groups attached to an aromatic ring is 1. The van der Waals surface area contributed by atoms with E-state index in [0.29, 0.717) is 23.0 Å². The van der Waals surface area contributed by atoms with E-state index in [1.165, 1.54) is 24.3 Å². The number of hydrogen-bond acceptors (Lipinski definition) is 8. The average Bonchev–Trinajstić information content (AvgIpc) is 3.04. The first kappa shape index (κ1) is 19.9. The highest BCUT2D eigenvalue weighted by atomic mass is 32.1. The molecule has 0 spiro atoms. The highest BCUT2D eigenvalue weighted by Gasteiger charge is 2.24. The minimum Gasteiger partial charge on any atom is -0.492 e. The molecule has 29 heavy (non-hydrogen) atoms. The van der Waals surface area contributed by atoms with Gasteiger partial charge in [0.2, 0.25) is 5.78 Å². The molecule has 3 N–H and O–H groups in total. The monoisotopic (exact) mass is 408 g/mol. The summed E-state index contributed by atoms with van der Waals surface area (Å²) in [7, 11) is 0. The highest BCUT2D eigenvalue weighted by Crippen LogP contribution is 2.40. The fraction of sp³-hybridized carbons (Fsp3) is 0.100. The van der Waals surface area contributed by atoms with Crippen molar-refractivity contribution in [2.24, 2.45) is 0 Å². The van der Waals surface area contributed by atoms with Gasteiger partial charge < -0.3 is 15.8 Å². The molecule has 0 radical (unpaired) electrons. The lowest BCUT2D eigenvalue weighted by atomic mass is 10.1. The molecule has 0 atom stereocenters. The quantitative estimate of drug-likeness (QED) is 0.334. The van der Waals surface area contributed by atoms with E-state index in [1.807, 2.05) is 25.1 Å². The number of nitro groups is 1. The second kappa shape index (κ2) is 8.41. The first-order valence-corrected chi connectivity index (χ1v) is 9.38. The van der Waals surface area contributed by atoms with Crippen LogP contribution in [-0.4, -0.2) is 17.3 Å². The molecule has 0 aliphatic carbocycles. The van der Waals surface area contributed by atoms with Crippen molar-refractivity contribution < 1.29 is 14.5 Å². The van der Waals surface area contributed by atoms with E-state index < -0.39 is 10.7 Å². The molecule has 1 aromatic heterocycles. The molecule has 0 aliphatic rings. The Morgan fingerprint density at radius 1 is 1.31 bits per heavy atom. The lowest BCUT2D eigenvalue weighted by Crippen LogP contribution is -2.03. The van der Waals surface area contributed by atoms with Crippen LogP contribution in [0.4, 0.5) is 22.1 Å². The molecule has 3 rings (SSSR count). The van der Waals surface area contributed by atoms with Crippen molar-refractivity contribution in [1.82, 2.24) is 0 Å². The third-order valence-electron chi connectivity index (χ3n) is 4.02. The van der Waals surface area contributed by atoms with Gasteiger partial charge in [-0.25, -0.2) is 0 Å². The summed E-state index contributed by atoms with van der Waals surface area (Å²) in [5.74, 6) is 0.108. The van der Waals surface area contributed by atoms with E-state index in [0.717, 1.165) is 11.3 Å². The number of hydrogen-bond donors (Lipinski definition) is 2. The molecule has 0 amide bonds. The van der Waals surface area contributed by atoms with Crippen LogP contribution in [0.1, 0.15) is 27.7 Å². The molecular formula is C20H16N4O4S. The summed E-state index contributed by atoms with van der Waals surface area (Å²) < 4.78 is 5.57. The molecule has 0 fully saturated rings. The van der Waals surface area contributed by atoms with Crippen LogP contribution in [0.15, 0.2) is 48.5 Å². The number of carbonyl (C=O) groups is 1. The van der Waals surface area contributed by atoms with Gasteiger partial charge >= 0.3 is 0 Å². The van der Waals surface area contributed by atoms with Crippen molar-refractivity contribution >= 4 is 39.2 Å². The number of nitrogens with one attached hydrogen (secondary N) is 1. The number of nitrogens with two attached hydrogens (primary N) is 1. The zero-order valence-electron chi connectivity index (χ0n) is 15.3. The van der Waals surface area contributed by atoms with E-state index in [-0.39, 0.29) is 27.4 Å². The predicted octanol–water partition coefficient (Wildman–Crippen LogP) is 4.48. The van der Waals surface area contributed by atoms with Crippen molar-refractivity contribution in [3.05, 3.63) is 74.6 Å². The van der Waals surface area contributed by atoms with Crippen molar-refractivity contribution in [2.45, 2.75) is 6.92 Å². The van der Waals surface area contributed by atoms with Gasteiger partial charge in [0.1, 0.15) is 27.3 Å². The van der Waals surface area contributed by atoms with Gasteiger partial charge in [0.05, 0.1) is 22.9 Å². The van der Waals surface area contributed by atoms with Gasteiger partial charge in [-0.3, -0.25) is 14.9 Å². The normalized spacial score (nSPS) is 10.2. The summed E-state index contributed by atoms with van der Waals surface area (Å²) in [4.78, 5) is 23.4. The van der Waals surface area contributed by atoms with Crippen LogP contribution in [0, 0.1) is 21.4 Å². The fourth-order valence-electron chi connectivity index (χ4n) is 2.68. The topological polar surface area (TPSA) is 131 Å². The van der Waals surface area contributed by atoms with Gasteiger partial charge in [0.25, 0.3) is 5.69 Å². The Bertz CT molecular complexity index is 1130. The van der Waals surface area contributed by atoms with Gasteiger partial charge in [0, 0.05) is 17.7 Å². The highest BCUT2D eigenvalue weighted by molar-refractivity contribution is 7.19. The Hall–Kier alpha value is -3.90. The summed E-state index contributed by atoms with van der Waals surface area (Å²) >= 11 is 1.02. The summed E-state index contributed by atoms with van der Waals surface area (Å²) in [5.41, 5.74) is 6.78. The maximum absolute atomic E-state index is 12.9. The predicted molar refractivity (Wildman–Crippen MR) is 111 cm³/mol. The number of ketones is 1. The van der Waals surface area contributed by atoms with E-state index in [1.54, 1.807) is 12.1 Å². The third-order valence-corrected chi connectivity index (χ3v) is 5.14. The summed E-state index contributed by atoms with van der Waals surface area (Å²) in [6, 6.07) is 14.6. The molecule has 146 valence electrons. The van der Waals surface area contributed by atoms with Crippen molar-refractivity contribution in [2.75, 3.05) is 17.7 Å². The number of rotatable bonds is 7. The van der Waals surface area contributed by atoms with Gasteiger partial charge in [-0.2, -0.15) is 5.26 Å². The third kappa shape index (κ3) is 4.02. The number of benzene rings is 2. The lowest BCUT2D eigenvalue weighted by Gasteiger charge is -2.11. The van der Waals surface area contributed by atoms with E-state index >= 15 is 0 Å². The zero-order valence-corrected chi connectivity index (χ0v) is 16.2. The number of nitro benzene ring substituents is 1. The summed E-state index contributed by atoms with van der Waals surface area (Å²) in [6.45, 7) is 2.32. The second-order valence-electron chi connectivity index (χ2n) is 5.85. The summed E-state index contributed by atoms with van der Waals surface area (Å²) in [5, 5.41) is 24.0. The SMILES string of the molecule is CCOc1ccccc1Nc1sc(C(=O)c2cccc([N+](=O)[O-])c2)c(N)c1C#N. The first-order chi connectivity index (χ1) is 14.0. The minimum atomic E-state index is -0.576. The Labute approximate surface area is 170 Å². The molecule has 0 unspecified atom stereocenters. The van der Waals surface area contributed by atoms with Crippen LogP contribution < -0.4 is 15.8 Å². The average molecular weight is 408 g/mol. The van der Waals surface area contributed by atoms with Crippen molar-refractivity contribution in [3.63, 3.8) is 0 Å². The Morgan fingerprint density at radius 2 is 2.07 bits per heavy atom. The molecule has 1 heterocycles. The van der Waals surface area contributed by atoms with Crippen LogP contribution in [0.25, 0.3) is 0 Å². The van der Waals surface area contributed by atoms with E-state index in [9.17, 15) is 20.2 Å². The number of ether oxygens (including phenoxy) is 1. The van der Waals surface area contributed by atoms with Crippen molar-refractivity contribution in [1.29, 1.82) is 5.26 Å². The Balaban J connectivity index is 2.00. The fourth-order valence-corrected chi connectivity index (χ4v) is 3.72. The van der Waals surface area contributed by atoms with Gasteiger partial charge in [0.15, 0.2) is 0 Å². The van der Waals surface area contributed by atoms with Crippen LogP contribution in [0.5, 0.6) is 5.75 Å². The molecule has 0 aliphatic heterocycles. The van der Waals surface area contributed by atoms with Crippen LogP contribution in [-0.2, 0) is 0 Å². The van der Waals surface area contributed by atoms with Crippen molar-refractivity contribution in [3.8, 4) is 11.8 Å². The standard InChI is InChI=1S/C20H16N4O4S/c1-2-28-16-9-4-3-8-15(16)23-20-14(11-21)17(22)19(29-20)18(25)12-6-5-7-13(10-12)24(26)27/h3-10,23H,2,22H2,1H3. The maximum Gasteiger partial charge on any atom is 0.270 e. The maximum atomic E-state index is 12.9. The zero-order chi connectivity index (χ0) is 21.0. The lowest BCUT2D eigenvalue weighted by molar-refractivity contribution is -0.384. The second-order valence-corrected chi connectivity index (χ2v) is 6.87. The largest absolute Gasteiger partial charge is 0.492 e. The Kier molecular flexibility index (Phi) is 5.76. The number of thiophene rings is 1. The molecule has 0 saturated carbocycles. The number of para-hydroxylation sites is 2. The molecule has 0 bridgehead atoms. The number of nitriles is 1. The number of anilines is 3. The smallest absolute Gasteiger partial charge is 0.270 e. The molecule has 8 nitrogen and oxygen atoms in total. The molecular weight excluding hydrogens is 392 g/mol. The summed E-state index contributed by atoms with van der Waals surface area (Å²) in [6.07, 6.45) is 0.